The van der Waals surface area contributed by atoms with E-state index in [0.717, 1.165) is 21.1 Å². The Morgan fingerprint density at radius 3 is 2.83 bits per heavy atom. The summed E-state index contributed by atoms with van der Waals surface area (Å²) >= 11 is 7.63. The molecule has 1 N–H and O–H groups in total. The molecule has 94 valence electrons. The minimum atomic E-state index is -0.790. The van der Waals surface area contributed by atoms with E-state index in [4.69, 9.17) is 16.7 Å². The summed E-state index contributed by atoms with van der Waals surface area (Å²) in [5.74, 6) is -0.790. The van der Waals surface area contributed by atoms with Crippen LogP contribution in [0, 0.1) is 6.92 Å². The Balaban J connectivity index is 2.29. The van der Waals surface area contributed by atoms with Gasteiger partial charge in [0, 0.05) is 10.4 Å². The number of aliphatic carboxylic acids is 1. The summed E-state index contributed by atoms with van der Waals surface area (Å²) in [6, 6.07) is 7.53. The smallest absolute Gasteiger partial charge is 0.303 e. The van der Waals surface area contributed by atoms with Crippen LogP contribution in [0.1, 0.15) is 17.0 Å². The molecule has 1 aromatic heterocycles. The highest BCUT2D eigenvalue weighted by Crippen LogP contribution is 2.33. The summed E-state index contributed by atoms with van der Waals surface area (Å²) in [4.78, 5) is 16.0. The van der Waals surface area contributed by atoms with Crippen molar-refractivity contribution >= 4 is 28.9 Å². The number of aromatic nitrogens is 1. The molecule has 0 saturated carbocycles. The number of benzene rings is 1. The molecule has 3 nitrogen and oxygen atoms in total. The molecule has 0 saturated heterocycles. The molecule has 18 heavy (non-hydrogen) atoms. The van der Waals surface area contributed by atoms with Crippen LogP contribution < -0.4 is 0 Å². The first-order chi connectivity index (χ1) is 8.58. The maximum atomic E-state index is 10.6. The fourth-order valence-corrected chi connectivity index (χ4v) is 3.01. The standard InChI is InChI=1S/C13H12ClNO2S/c1-8-11(6-7-12(16)17)18-13(15-8)9-4-2-3-5-10(9)14/h2-5H,6-7H2,1H3,(H,16,17). The monoisotopic (exact) mass is 281 g/mol. The zero-order chi connectivity index (χ0) is 13.1. The number of nitrogens with zero attached hydrogens (tertiary/aromatic N) is 1. The van der Waals surface area contributed by atoms with Crippen molar-refractivity contribution in [1.82, 2.24) is 4.98 Å². The van der Waals surface area contributed by atoms with E-state index in [1.54, 1.807) is 0 Å². The number of rotatable bonds is 4. The molecule has 0 aliphatic carbocycles. The Hall–Kier alpha value is -1.39. The lowest BCUT2D eigenvalue weighted by atomic mass is 10.2. The van der Waals surface area contributed by atoms with Gasteiger partial charge in [0.2, 0.25) is 0 Å². The predicted octanol–water partition coefficient (Wildman–Crippen LogP) is 3.79. The van der Waals surface area contributed by atoms with Gasteiger partial charge in [-0.2, -0.15) is 0 Å². The van der Waals surface area contributed by atoms with Gasteiger partial charge in [-0.15, -0.1) is 11.3 Å². The fourth-order valence-electron chi connectivity index (χ4n) is 1.63. The van der Waals surface area contributed by atoms with Gasteiger partial charge in [0.25, 0.3) is 0 Å². The molecule has 2 aromatic rings. The van der Waals surface area contributed by atoms with E-state index in [1.165, 1.54) is 11.3 Å². The van der Waals surface area contributed by atoms with Crippen molar-refractivity contribution in [2.45, 2.75) is 19.8 Å². The summed E-state index contributed by atoms with van der Waals surface area (Å²) < 4.78 is 0. The fraction of sp³-hybridized carbons (Fsp3) is 0.231. The van der Waals surface area contributed by atoms with Gasteiger partial charge < -0.3 is 5.11 Å². The highest BCUT2D eigenvalue weighted by molar-refractivity contribution is 7.15. The summed E-state index contributed by atoms with van der Waals surface area (Å²) in [5.41, 5.74) is 1.78. The van der Waals surface area contributed by atoms with E-state index in [0.29, 0.717) is 11.4 Å². The van der Waals surface area contributed by atoms with E-state index >= 15 is 0 Å². The molecule has 0 fully saturated rings. The normalized spacial score (nSPS) is 10.6. The Bertz CT molecular complexity index is 580. The number of hydrogen-bond donors (Lipinski definition) is 1. The lowest BCUT2D eigenvalue weighted by Gasteiger charge is -1.98. The SMILES string of the molecule is Cc1nc(-c2ccccc2Cl)sc1CCC(=O)O. The number of aryl methyl sites for hydroxylation is 2. The molecule has 0 aliphatic heterocycles. The van der Waals surface area contributed by atoms with Gasteiger partial charge in [0.15, 0.2) is 0 Å². The molecular weight excluding hydrogens is 270 g/mol. The number of thiazole rings is 1. The second kappa shape index (κ2) is 5.50. The van der Waals surface area contributed by atoms with Gasteiger partial charge in [-0.25, -0.2) is 4.98 Å². The molecule has 1 aromatic carbocycles. The maximum absolute atomic E-state index is 10.6. The molecule has 0 atom stereocenters. The number of carboxylic acids is 1. The highest BCUT2D eigenvalue weighted by atomic mass is 35.5. The third-order valence-corrected chi connectivity index (χ3v) is 4.14. The van der Waals surface area contributed by atoms with Gasteiger partial charge in [-0.3, -0.25) is 4.79 Å². The lowest BCUT2D eigenvalue weighted by molar-refractivity contribution is -0.136. The van der Waals surface area contributed by atoms with Crippen LogP contribution in [-0.2, 0) is 11.2 Å². The second-order valence-corrected chi connectivity index (χ2v) is 5.39. The summed E-state index contributed by atoms with van der Waals surface area (Å²) in [6.45, 7) is 1.90. The minimum Gasteiger partial charge on any atom is -0.481 e. The van der Waals surface area contributed by atoms with Crippen molar-refractivity contribution in [3.05, 3.63) is 39.9 Å². The van der Waals surface area contributed by atoms with Gasteiger partial charge in [-0.1, -0.05) is 29.8 Å². The molecule has 0 aliphatic rings. The zero-order valence-corrected chi connectivity index (χ0v) is 11.4. The van der Waals surface area contributed by atoms with Crippen molar-refractivity contribution in [3.63, 3.8) is 0 Å². The van der Waals surface area contributed by atoms with Crippen molar-refractivity contribution in [3.8, 4) is 10.6 Å². The third kappa shape index (κ3) is 2.89. The van der Waals surface area contributed by atoms with Crippen molar-refractivity contribution in [1.29, 1.82) is 0 Å². The van der Waals surface area contributed by atoms with Crippen molar-refractivity contribution < 1.29 is 9.90 Å². The Morgan fingerprint density at radius 1 is 1.44 bits per heavy atom. The van der Waals surface area contributed by atoms with Crippen LogP contribution in [0.3, 0.4) is 0 Å². The van der Waals surface area contributed by atoms with E-state index in [1.807, 2.05) is 31.2 Å². The zero-order valence-electron chi connectivity index (χ0n) is 9.81. The third-order valence-electron chi connectivity index (χ3n) is 2.56. The number of carboxylic acid groups (broad SMARTS) is 1. The first-order valence-corrected chi connectivity index (χ1v) is 6.70. The minimum absolute atomic E-state index is 0.130. The van der Waals surface area contributed by atoms with Crippen LogP contribution in [0.4, 0.5) is 0 Å². The molecule has 0 radical (unpaired) electrons. The van der Waals surface area contributed by atoms with Crippen LogP contribution in [0.2, 0.25) is 5.02 Å². The quantitative estimate of drug-likeness (QED) is 0.927. The van der Waals surface area contributed by atoms with E-state index in [2.05, 4.69) is 4.98 Å². The molecule has 0 spiro atoms. The Morgan fingerprint density at radius 2 is 2.17 bits per heavy atom. The first-order valence-electron chi connectivity index (χ1n) is 5.51. The maximum Gasteiger partial charge on any atom is 0.303 e. The second-order valence-electron chi connectivity index (χ2n) is 3.90. The number of carbonyl (C=O) groups is 1. The van der Waals surface area contributed by atoms with E-state index < -0.39 is 5.97 Å². The van der Waals surface area contributed by atoms with Gasteiger partial charge in [0.1, 0.15) is 5.01 Å². The molecule has 2 rings (SSSR count). The molecular formula is C13H12ClNO2S. The Kier molecular flexibility index (Phi) is 3.99. The lowest BCUT2D eigenvalue weighted by Crippen LogP contribution is -1.96. The van der Waals surface area contributed by atoms with Gasteiger partial charge in [0.05, 0.1) is 17.1 Å². The molecule has 0 unspecified atom stereocenters. The highest BCUT2D eigenvalue weighted by Gasteiger charge is 2.12. The largest absolute Gasteiger partial charge is 0.481 e. The van der Waals surface area contributed by atoms with Crippen LogP contribution in [0.25, 0.3) is 10.6 Å². The molecule has 0 amide bonds. The summed E-state index contributed by atoms with van der Waals surface area (Å²) in [5, 5.41) is 10.2. The number of hydrogen-bond acceptors (Lipinski definition) is 3. The molecule has 5 heteroatoms. The van der Waals surface area contributed by atoms with Crippen molar-refractivity contribution in [2.75, 3.05) is 0 Å². The van der Waals surface area contributed by atoms with E-state index in [9.17, 15) is 4.79 Å². The average Bonchev–Trinajstić information content (AvgIpc) is 2.68. The number of halogens is 1. The molecule has 0 bridgehead atoms. The van der Waals surface area contributed by atoms with Gasteiger partial charge in [-0.05, 0) is 19.4 Å². The van der Waals surface area contributed by atoms with E-state index in [-0.39, 0.29) is 6.42 Å². The summed E-state index contributed by atoms with van der Waals surface area (Å²) in [7, 11) is 0. The van der Waals surface area contributed by atoms with Gasteiger partial charge >= 0.3 is 5.97 Å². The predicted molar refractivity (Wildman–Crippen MR) is 73.3 cm³/mol. The molecule has 1 heterocycles. The van der Waals surface area contributed by atoms with Crippen molar-refractivity contribution in [2.24, 2.45) is 0 Å². The topological polar surface area (TPSA) is 50.2 Å². The van der Waals surface area contributed by atoms with Crippen LogP contribution in [0.15, 0.2) is 24.3 Å². The first kappa shape index (κ1) is 13.1. The van der Waals surface area contributed by atoms with Crippen LogP contribution in [-0.4, -0.2) is 16.1 Å². The summed E-state index contributed by atoms with van der Waals surface area (Å²) in [6.07, 6.45) is 0.647. The van der Waals surface area contributed by atoms with Crippen LogP contribution in [0.5, 0.6) is 0 Å². The van der Waals surface area contributed by atoms with Crippen LogP contribution >= 0.6 is 22.9 Å². The average molecular weight is 282 g/mol. The Labute approximate surface area is 114 Å².